The number of carbonyl (C=O) groups excluding carboxylic acids is 1. The van der Waals surface area contributed by atoms with E-state index in [9.17, 15) is 17.6 Å². The Kier molecular flexibility index (Phi) is 6.81. The average molecular weight is 434 g/mol. The highest BCUT2D eigenvalue weighted by Gasteiger charge is 2.24. The van der Waals surface area contributed by atoms with Crippen molar-refractivity contribution in [1.82, 2.24) is 15.3 Å². The molecule has 0 radical (unpaired) electrons. The molecule has 0 spiro atoms. The smallest absolute Gasteiger partial charge is 0.258 e. The Labute approximate surface area is 175 Å². The van der Waals surface area contributed by atoms with E-state index in [0.717, 1.165) is 37.3 Å². The quantitative estimate of drug-likeness (QED) is 0.714. The lowest BCUT2D eigenvalue weighted by Gasteiger charge is -2.15. The Morgan fingerprint density at radius 3 is 2.57 bits per heavy atom. The van der Waals surface area contributed by atoms with Crippen molar-refractivity contribution >= 4 is 15.7 Å². The maximum Gasteiger partial charge on any atom is 0.258 e. The molecule has 0 saturated heterocycles. The topological polar surface area (TPSA) is 98.2 Å². The molecule has 1 saturated carbocycles. The summed E-state index contributed by atoms with van der Waals surface area (Å²) in [7, 11) is -3.30. The molecule has 9 heteroatoms. The van der Waals surface area contributed by atoms with Crippen molar-refractivity contribution in [3.63, 3.8) is 0 Å². The van der Waals surface area contributed by atoms with Gasteiger partial charge in [0.2, 0.25) is 5.88 Å². The van der Waals surface area contributed by atoms with Crippen LogP contribution in [-0.4, -0.2) is 36.6 Å². The van der Waals surface area contributed by atoms with Crippen LogP contribution in [0.5, 0.6) is 11.6 Å². The second-order valence-corrected chi connectivity index (χ2v) is 9.34. The lowest BCUT2D eigenvalue weighted by atomic mass is 10.1. The molecule has 1 amide bonds. The van der Waals surface area contributed by atoms with Crippen molar-refractivity contribution in [3.05, 3.63) is 59.2 Å². The molecule has 1 aliphatic rings. The molecule has 30 heavy (non-hydrogen) atoms. The molecule has 3 rings (SSSR count). The van der Waals surface area contributed by atoms with Gasteiger partial charge in [0, 0.05) is 29.8 Å². The number of amides is 1. The summed E-state index contributed by atoms with van der Waals surface area (Å²) in [5.74, 6) is 0.346. The van der Waals surface area contributed by atoms with Gasteiger partial charge in [0.1, 0.15) is 23.0 Å². The van der Waals surface area contributed by atoms with Crippen LogP contribution in [0.3, 0.4) is 0 Å². The molecule has 1 atom stereocenters. The van der Waals surface area contributed by atoms with Gasteiger partial charge >= 0.3 is 0 Å². The molecule has 160 valence electrons. The summed E-state index contributed by atoms with van der Waals surface area (Å²) in [4.78, 5) is 21.6. The van der Waals surface area contributed by atoms with E-state index in [-0.39, 0.29) is 17.4 Å². The fraction of sp³-hybridized carbons (Fsp3) is 0.381. The summed E-state index contributed by atoms with van der Waals surface area (Å²) in [6.45, 7) is 1.65. The van der Waals surface area contributed by atoms with Crippen molar-refractivity contribution in [2.75, 3.05) is 6.26 Å². The molecule has 7 nitrogen and oxygen atoms in total. The highest BCUT2D eigenvalue weighted by atomic mass is 32.2. The van der Waals surface area contributed by atoms with Crippen LogP contribution in [0.25, 0.3) is 0 Å². The van der Waals surface area contributed by atoms with Gasteiger partial charge in [0.05, 0.1) is 0 Å². The van der Waals surface area contributed by atoms with Crippen LogP contribution < -0.4 is 10.1 Å². The molecule has 1 fully saturated rings. The minimum absolute atomic E-state index is 0.0790. The summed E-state index contributed by atoms with van der Waals surface area (Å²) >= 11 is 0. The van der Waals surface area contributed by atoms with Crippen LogP contribution in [0.15, 0.2) is 41.9 Å². The number of hydrogen-bond acceptors (Lipinski definition) is 6. The number of nitrogens with zero attached hydrogens (tertiary/aromatic N) is 2. The minimum Gasteiger partial charge on any atom is -0.438 e. The zero-order valence-corrected chi connectivity index (χ0v) is 17.7. The van der Waals surface area contributed by atoms with Gasteiger partial charge in [-0.2, -0.15) is 4.98 Å². The fourth-order valence-electron chi connectivity index (χ4n) is 3.20. The van der Waals surface area contributed by atoms with Crippen LogP contribution in [0.4, 0.5) is 4.39 Å². The molecular formula is C21H24FN3O4S. The largest absolute Gasteiger partial charge is 0.438 e. The van der Waals surface area contributed by atoms with Gasteiger partial charge in [-0.15, -0.1) is 0 Å². The van der Waals surface area contributed by atoms with E-state index in [0.29, 0.717) is 11.6 Å². The first-order valence-electron chi connectivity index (χ1n) is 9.71. The number of rotatable bonds is 7. The molecule has 2 aromatic rings. The van der Waals surface area contributed by atoms with Crippen molar-refractivity contribution in [2.24, 2.45) is 0 Å². The lowest BCUT2D eigenvalue weighted by Crippen LogP contribution is -2.31. The number of hydrogen-bond donors (Lipinski definition) is 1. The normalized spacial score (nSPS) is 16.0. The summed E-state index contributed by atoms with van der Waals surface area (Å²) in [5, 5.41) is 3.72. The maximum atomic E-state index is 13.2. The minimum atomic E-state index is -3.30. The zero-order chi connectivity index (χ0) is 21.7. The van der Waals surface area contributed by atoms with Crippen molar-refractivity contribution < 1.29 is 22.3 Å². The highest BCUT2D eigenvalue weighted by Crippen LogP contribution is 2.34. The van der Waals surface area contributed by atoms with Crippen molar-refractivity contribution in [2.45, 2.75) is 44.6 Å². The summed E-state index contributed by atoms with van der Waals surface area (Å²) in [6, 6.07) is 4.87. The molecule has 0 aliphatic heterocycles. The van der Waals surface area contributed by atoms with Gasteiger partial charge < -0.3 is 10.1 Å². The number of sulfone groups is 1. The third-order valence-electron chi connectivity index (χ3n) is 4.74. The Morgan fingerprint density at radius 1 is 1.27 bits per heavy atom. The number of halogens is 1. The number of aromatic nitrogens is 2. The zero-order valence-electron chi connectivity index (χ0n) is 16.8. The maximum absolute atomic E-state index is 13.2. The number of ether oxygens (including phenoxy) is 1. The Balaban J connectivity index is 1.86. The van der Waals surface area contributed by atoms with Gasteiger partial charge in [0.15, 0.2) is 9.84 Å². The predicted molar refractivity (Wildman–Crippen MR) is 111 cm³/mol. The van der Waals surface area contributed by atoms with Gasteiger partial charge in [0.25, 0.3) is 5.91 Å². The standard InChI is InChI=1S/C21H24FN3O4S/c1-14(11-12-30(2,27)28)24-20(26)18-13-23-19(15-5-3-4-6-15)25-21(18)29-17-9-7-16(22)8-10-17/h7-15H,3-6H2,1-2H3,(H,24,26)/b12-11+. The van der Waals surface area contributed by atoms with Crippen LogP contribution in [0.1, 0.15) is 54.7 Å². The van der Waals surface area contributed by atoms with E-state index in [1.165, 1.54) is 36.5 Å². The van der Waals surface area contributed by atoms with E-state index >= 15 is 0 Å². The van der Waals surface area contributed by atoms with Gasteiger partial charge in [-0.05, 0) is 44.0 Å². The van der Waals surface area contributed by atoms with E-state index < -0.39 is 27.6 Å². The van der Waals surface area contributed by atoms with Crippen molar-refractivity contribution in [3.8, 4) is 11.6 Å². The number of carbonyl (C=O) groups is 1. The summed E-state index contributed by atoms with van der Waals surface area (Å²) < 4.78 is 41.5. The van der Waals surface area contributed by atoms with E-state index in [1.54, 1.807) is 6.92 Å². The highest BCUT2D eigenvalue weighted by molar-refractivity contribution is 7.93. The van der Waals surface area contributed by atoms with Crippen LogP contribution >= 0.6 is 0 Å². The molecule has 1 heterocycles. The van der Waals surface area contributed by atoms with Gasteiger partial charge in [-0.25, -0.2) is 17.8 Å². The Morgan fingerprint density at radius 2 is 1.93 bits per heavy atom. The first kappa shape index (κ1) is 21.9. The van der Waals surface area contributed by atoms with Crippen molar-refractivity contribution in [1.29, 1.82) is 0 Å². The van der Waals surface area contributed by atoms with E-state index in [1.807, 2.05) is 0 Å². The van der Waals surface area contributed by atoms with E-state index in [4.69, 9.17) is 4.74 Å². The Bertz CT molecular complexity index is 1030. The molecule has 1 aromatic carbocycles. The second kappa shape index (κ2) is 9.34. The third kappa shape index (κ3) is 6.09. The molecule has 0 bridgehead atoms. The second-order valence-electron chi connectivity index (χ2n) is 7.40. The molecular weight excluding hydrogens is 409 g/mol. The fourth-order valence-corrected chi connectivity index (χ4v) is 3.72. The SMILES string of the molecule is CC(/C=C/S(C)(=O)=O)NC(=O)c1cnc(C2CCCC2)nc1Oc1ccc(F)cc1. The van der Waals surface area contributed by atoms with Gasteiger partial charge in [-0.1, -0.05) is 18.9 Å². The van der Waals surface area contributed by atoms with Crippen LogP contribution in [0.2, 0.25) is 0 Å². The predicted octanol–water partition coefficient (Wildman–Crippen LogP) is 3.74. The van der Waals surface area contributed by atoms with Gasteiger partial charge in [-0.3, -0.25) is 4.79 Å². The average Bonchev–Trinajstić information content (AvgIpc) is 3.22. The molecule has 1 aliphatic carbocycles. The summed E-state index contributed by atoms with van der Waals surface area (Å²) in [6.07, 6.45) is 8.04. The molecule has 1 N–H and O–H groups in total. The molecule has 1 unspecified atom stereocenters. The number of nitrogens with one attached hydrogen (secondary N) is 1. The first-order valence-corrected chi connectivity index (χ1v) is 11.7. The van der Waals surface area contributed by atoms with Crippen LogP contribution in [0, 0.1) is 5.82 Å². The third-order valence-corrected chi connectivity index (χ3v) is 5.39. The van der Waals surface area contributed by atoms with Crippen LogP contribution in [-0.2, 0) is 9.84 Å². The Hall–Kier alpha value is -2.81. The summed E-state index contributed by atoms with van der Waals surface area (Å²) in [5.41, 5.74) is 0.112. The first-order chi connectivity index (χ1) is 14.2. The van der Waals surface area contributed by atoms with E-state index in [2.05, 4.69) is 15.3 Å². The molecule has 1 aromatic heterocycles. The monoisotopic (exact) mass is 433 g/mol. The lowest BCUT2D eigenvalue weighted by molar-refractivity contribution is 0.0943. The number of benzene rings is 1.